The molecule has 1 aromatic carbocycles. The molecule has 2 heterocycles. The third-order valence-electron chi connectivity index (χ3n) is 4.53. The summed E-state index contributed by atoms with van der Waals surface area (Å²) in [4.78, 5) is 23.0. The van der Waals surface area contributed by atoms with Crippen LogP contribution in [-0.4, -0.2) is 49.2 Å². The number of rotatable bonds is 7. The lowest BCUT2D eigenvalue weighted by molar-refractivity contribution is 0.0942. The van der Waals surface area contributed by atoms with Crippen molar-refractivity contribution in [1.82, 2.24) is 15.3 Å². The average Bonchev–Trinajstić information content (AvgIpc) is 3.01. The number of aromatic nitrogens is 2. The van der Waals surface area contributed by atoms with Crippen molar-refractivity contribution in [2.24, 2.45) is 0 Å². The largest absolute Gasteiger partial charge is 0.497 e. The summed E-state index contributed by atoms with van der Waals surface area (Å²) in [6.45, 7) is 2.73. The maximum Gasteiger partial charge on any atom is 0.270 e. The van der Waals surface area contributed by atoms with Crippen molar-refractivity contribution < 1.29 is 14.3 Å². The van der Waals surface area contributed by atoms with E-state index in [1.54, 1.807) is 13.2 Å². The van der Waals surface area contributed by atoms with E-state index in [1.807, 2.05) is 24.3 Å². The number of carbonyl (C=O) groups excluding carboxylic acids is 1. The van der Waals surface area contributed by atoms with Crippen molar-refractivity contribution in [2.75, 3.05) is 38.3 Å². The van der Waals surface area contributed by atoms with Gasteiger partial charge in [0.05, 0.1) is 13.7 Å². The van der Waals surface area contributed by atoms with Gasteiger partial charge in [-0.25, -0.2) is 9.97 Å². The van der Waals surface area contributed by atoms with Gasteiger partial charge in [0, 0.05) is 19.2 Å². The first-order chi connectivity index (χ1) is 13.3. The van der Waals surface area contributed by atoms with Crippen LogP contribution in [0.5, 0.6) is 11.5 Å². The first-order valence-electron chi connectivity index (χ1n) is 9.38. The monoisotopic (exact) mass is 370 g/mol. The van der Waals surface area contributed by atoms with Gasteiger partial charge in [0.1, 0.15) is 35.9 Å². The molecule has 0 radical (unpaired) electrons. The van der Waals surface area contributed by atoms with Crippen LogP contribution in [0.1, 0.15) is 36.2 Å². The zero-order valence-electron chi connectivity index (χ0n) is 15.7. The lowest BCUT2D eigenvalue weighted by Crippen LogP contribution is -2.30. The van der Waals surface area contributed by atoms with Crippen LogP contribution in [0.15, 0.2) is 36.7 Å². The normalized spacial score (nSPS) is 14.3. The number of anilines is 1. The summed E-state index contributed by atoms with van der Waals surface area (Å²) in [7, 11) is 1.62. The van der Waals surface area contributed by atoms with Crippen molar-refractivity contribution in [3.63, 3.8) is 0 Å². The van der Waals surface area contributed by atoms with Gasteiger partial charge in [-0.05, 0) is 37.1 Å². The molecular weight excluding hydrogens is 344 g/mol. The van der Waals surface area contributed by atoms with Crippen molar-refractivity contribution >= 4 is 11.7 Å². The van der Waals surface area contributed by atoms with E-state index in [0.29, 0.717) is 18.8 Å². The molecule has 1 saturated heterocycles. The fourth-order valence-electron chi connectivity index (χ4n) is 3.04. The lowest BCUT2D eigenvalue weighted by atomic mass is 10.2. The fourth-order valence-corrected chi connectivity index (χ4v) is 3.04. The van der Waals surface area contributed by atoms with E-state index >= 15 is 0 Å². The number of methoxy groups -OCH3 is 1. The number of ether oxygens (including phenoxy) is 2. The summed E-state index contributed by atoms with van der Waals surface area (Å²) in [6.07, 6.45) is 6.29. The summed E-state index contributed by atoms with van der Waals surface area (Å²) in [5, 5.41) is 2.84. The standard InChI is InChI=1S/C20H26N4O3/c1-26-16-6-8-17(9-7-16)27-13-10-21-20(25)18-14-19(23-15-22-18)24-11-4-2-3-5-12-24/h6-9,14-15H,2-5,10-13H2,1H3,(H,21,25). The van der Waals surface area contributed by atoms with Gasteiger partial charge >= 0.3 is 0 Å². The lowest BCUT2D eigenvalue weighted by Gasteiger charge is -2.21. The Balaban J connectivity index is 1.48. The topological polar surface area (TPSA) is 76.6 Å². The number of hydrogen-bond acceptors (Lipinski definition) is 6. The number of amides is 1. The van der Waals surface area contributed by atoms with E-state index in [0.717, 1.165) is 43.2 Å². The summed E-state index contributed by atoms with van der Waals surface area (Å²) in [6, 6.07) is 9.10. The van der Waals surface area contributed by atoms with E-state index in [9.17, 15) is 4.79 Å². The quantitative estimate of drug-likeness (QED) is 0.755. The van der Waals surface area contributed by atoms with E-state index in [4.69, 9.17) is 9.47 Å². The van der Waals surface area contributed by atoms with Crippen LogP contribution in [0.3, 0.4) is 0 Å². The second kappa shape index (κ2) is 9.75. The Morgan fingerprint density at radius 2 is 1.78 bits per heavy atom. The predicted molar refractivity (Wildman–Crippen MR) is 104 cm³/mol. The molecular formula is C20H26N4O3. The zero-order chi connectivity index (χ0) is 18.9. The molecule has 3 rings (SSSR count). The first-order valence-corrected chi connectivity index (χ1v) is 9.38. The highest BCUT2D eigenvalue weighted by molar-refractivity contribution is 5.92. The molecule has 7 heteroatoms. The molecule has 0 bridgehead atoms. The molecule has 1 aliphatic heterocycles. The SMILES string of the molecule is COc1ccc(OCCNC(=O)c2cc(N3CCCCCC3)ncn2)cc1. The van der Waals surface area contributed by atoms with Crippen molar-refractivity contribution in [3.05, 3.63) is 42.4 Å². The van der Waals surface area contributed by atoms with Crippen molar-refractivity contribution in [1.29, 1.82) is 0 Å². The van der Waals surface area contributed by atoms with Gasteiger partial charge < -0.3 is 19.7 Å². The second-order valence-electron chi connectivity index (χ2n) is 6.44. The molecule has 27 heavy (non-hydrogen) atoms. The fraction of sp³-hybridized carbons (Fsp3) is 0.450. The number of carbonyl (C=O) groups is 1. The summed E-state index contributed by atoms with van der Waals surface area (Å²) < 4.78 is 10.7. The van der Waals surface area contributed by atoms with Crippen molar-refractivity contribution in [2.45, 2.75) is 25.7 Å². The molecule has 1 aromatic heterocycles. The second-order valence-corrected chi connectivity index (χ2v) is 6.44. The Bertz CT molecular complexity index is 728. The summed E-state index contributed by atoms with van der Waals surface area (Å²) >= 11 is 0. The third kappa shape index (κ3) is 5.57. The Labute approximate surface area is 159 Å². The van der Waals surface area contributed by atoms with Crippen LogP contribution >= 0.6 is 0 Å². The van der Waals surface area contributed by atoms with Crippen LogP contribution < -0.4 is 19.7 Å². The predicted octanol–water partition coefficient (Wildman–Crippen LogP) is 2.67. The van der Waals surface area contributed by atoms with Gasteiger partial charge in [0.25, 0.3) is 5.91 Å². The Morgan fingerprint density at radius 1 is 1.07 bits per heavy atom. The molecule has 7 nitrogen and oxygen atoms in total. The van der Waals surface area contributed by atoms with E-state index < -0.39 is 0 Å². The van der Waals surface area contributed by atoms with Gasteiger partial charge in [-0.1, -0.05) is 12.8 Å². The van der Waals surface area contributed by atoms with E-state index in [1.165, 1.54) is 19.2 Å². The molecule has 0 atom stereocenters. The van der Waals surface area contributed by atoms with Crippen LogP contribution in [0.25, 0.3) is 0 Å². The van der Waals surface area contributed by atoms with Gasteiger partial charge in [-0.2, -0.15) is 0 Å². The highest BCUT2D eigenvalue weighted by atomic mass is 16.5. The smallest absolute Gasteiger partial charge is 0.270 e. The molecule has 1 fully saturated rings. The molecule has 1 amide bonds. The molecule has 0 saturated carbocycles. The van der Waals surface area contributed by atoms with Crippen LogP contribution in [0.2, 0.25) is 0 Å². The molecule has 0 unspecified atom stereocenters. The summed E-state index contributed by atoms with van der Waals surface area (Å²) in [5.74, 6) is 2.12. The zero-order valence-corrected chi connectivity index (χ0v) is 15.7. The van der Waals surface area contributed by atoms with E-state index in [-0.39, 0.29) is 5.91 Å². The molecule has 0 spiro atoms. The number of nitrogens with one attached hydrogen (secondary N) is 1. The minimum Gasteiger partial charge on any atom is -0.497 e. The molecule has 1 N–H and O–H groups in total. The minimum absolute atomic E-state index is 0.216. The molecule has 2 aromatic rings. The minimum atomic E-state index is -0.216. The number of hydrogen-bond donors (Lipinski definition) is 1. The Kier molecular flexibility index (Phi) is 6.84. The van der Waals surface area contributed by atoms with Gasteiger partial charge in [0.15, 0.2) is 0 Å². The Hall–Kier alpha value is -2.83. The van der Waals surface area contributed by atoms with Crippen LogP contribution in [0.4, 0.5) is 5.82 Å². The average molecular weight is 370 g/mol. The van der Waals surface area contributed by atoms with Crippen LogP contribution in [-0.2, 0) is 0 Å². The number of nitrogens with zero attached hydrogens (tertiary/aromatic N) is 3. The maximum absolute atomic E-state index is 12.4. The Morgan fingerprint density at radius 3 is 2.48 bits per heavy atom. The van der Waals surface area contributed by atoms with E-state index in [2.05, 4.69) is 20.2 Å². The maximum atomic E-state index is 12.4. The van der Waals surface area contributed by atoms with Gasteiger partial charge in [0.2, 0.25) is 0 Å². The van der Waals surface area contributed by atoms with Crippen molar-refractivity contribution in [3.8, 4) is 11.5 Å². The van der Waals surface area contributed by atoms with Crippen LogP contribution in [0, 0.1) is 0 Å². The third-order valence-corrected chi connectivity index (χ3v) is 4.53. The summed E-state index contributed by atoms with van der Waals surface area (Å²) in [5.41, 5.74) is 0.383. The molecule has 144 valence electrons. The molecule has 1 aliphatic rings. The van der Waals surface area contributed by atoms with Gasteiger partial charge in [-0.15, -0.1) is 0 Å². The van der Waals surface area contributed by atoms with Gasteiger partial charge in [-0.3, -0.25) is 4.79 Å². The highest BCUT2D eigenvalue weighted by Crippen LogP contribution is 2.18. The highest BCUT2D eigenvalue weighted by Gasteiger charge is 2.14. The molecule has 0 aliphatic carbocycles. The first kappa shape index (κ1) is 18.9. The number of benzene rings is 1.